The van der Waals surface area contributed by atoms with Crippen LogP contribution >= 0.6 is 0 Å². The minimum Gasteiger partial charge on any atom is -0.375 e. The first-order valence-corrected chi connectivity index (χ1v) is 20.9. The molecule has 2 aromatic rings. The first kappa shape index (κ1) is 38.9. The molecule has 4 saturated heterocycles. The highest BCUT2D eigenvalue weighted by Crippen LogP contribution is 2.43. The van der Waals surface area contributed by atoms with Crippen molar-refractivity contribution in [1.29, 1.82) is 0 Å². The van der Waals surface area contributed by atoms with Gasteiger partial charge in [0.1, 0.15) is 24.4 Å². The van der Waals surface area contributed by atoms with Gasteiger partial charge in [0, 0.05) is 13.1 Å². The van der Waals surface area contributed by atoms with Crippen LogP contribution in [0.2, 0.25) is 0 Å². The van der Waals surface area contributed by atoms with E-state index in [0.717, 1.165) is 11.1 Å². The van der Waals surface area contributed by atoms with Gasteiger partial charge in [0.05, 0.1) is 48.3 Å². The molecule has 0 N–H and O–H groups in total. The minimum absolute atomic E-state index is 0.0536. The number of aryl methyl sites for hydroxylation is 2. The predicted octanol–water partition coefficient (Wildman–Crippen LogP) is 3.47. The van der Waals surface area contributed by atoms with E-state index in [2.05, 4.69) is 0 Å². The molecule has 0 unspecified atom stereocenters. The van der Waals surface area contributed by atoms with E-state index in [9.17, 15) is 16.8 Å². The Balaban J connectivity index is 1.30. The van der Waals surface area contributed by atoms with Gasteiger partial charge in [-0.05, 0) is 72.2 Å². The second kappa shape index (κ2) is 15.0. The number of fused-ring (bicyclic) bond motifs is 6. The van der Waals surface area contributed by atoms with Gasteiger partial charge in [0.25, 0.3) is 0 Å². The molecule has 0 spiro atoms. The van der Waals surface area contributed by atoms with Gasteiger partial charge >= 0.3 is 0 Å². The van der Waals surface area contributed by atoms with Crippen LogP contribution in [0.3, 0.4) is 0 Å². The molecule has 0 aliphatic carbocycles. The van der Waals surface area contributed by atoms with Crippen LogP contribution in [0.5, 0.6) is 0 Å². The average Bonchev–Trinajstić information content (AvgIpc) is 3.76. The molecule has 5 aliphatic rings. The van der Waals surface area contributed by atoms with Gasteiger partial charge < -0.3 is 37.9 Å². The van der Waals surface area contributed by atoms with Crippen molar-refractivity contribution in [2.24, 2.45) is 0 Å². The molecule has 4 fully saturated rings. The molecule has 7 rings (SSSR count). The Morgan fingerprint density at radius 1 is 0.585 bits per heavy atom. The average molecular weight is 779 g/mol. The van der Waals surface area contributed by atoms with E-state index in [1.165, 1.54) is 8.61 Å². The quantitative estimate of drug-likeness (QED) is 0.419. The van der Waals surface area contributed by atoms with E-state index < -0.39 is 80.7 Å². The number of benzene rings is 2. The number of hydrogen-bond acceptors (Lipinski definition) is 12. The number of rotatable bonds is 4. The Morgan fingerprint density at radius 3 is 1.34 bits per heavy atom. The van der Waals surface area contributed by atoms with Crippen molar-refractivity contribution in [3.8, 4) is 0 Å². The van der Waals surface area contributed by atoms with Crippen molar-refractivity contribution in [2.75, 3.05) is 39.5 Å². The lowest BCUT2D eigenvalue weighted by molar-refractivity contribution is -0.214. The van der Waals surface area contributed by atoms with E-state index in [1.807, 2.05) is 13.8 Å². The molecular weight excluding hydrogens is 729 g/mol. The third-order valence-electron chi connectivity index (χ3n) is 10.1. The summed E-state index contributed by atoms with van der Waals surface area (Å²) in [6.07, 6.45) is -1.08. The second-order valence-electron chi connectivity index (χ2n) is 15.0. The normalized spacial score (nSPS) is 34.8. The van der Waals surface area contributed by atoms with Crippen molar-refractivity contribution in [3.63, 3.8) is 0 Å². The summed E-state index contributed by atoms with van der Waals surface area (Å²) >= 11 is 0. The highest BCUT2D eigenvalue weighted by Gasteiger charge is 2.60. The molecule has 2 aromatic carbocycles. The van der Waals surface area contributed by atoms with E-state index in [-0.39, 0.29) is 55.7 Å². The summed E-state index contributed by atoms with van der Waals surface area (Å²) in [5.41, 5.74) is 1.80. The SMILES string of the molecule is Cc1ccc(S(=O)(=O)N2CCCN(S(=O)(=O)c3ccc(C)cc3)[C@@H]3[C@H]4OC(C)(C)O[C@H]4O[C@@H]3COC/C=C\COC[C@H]3O[C@@H]4OC(C)(C)O[C@@H]4[C@H]32)cc1. The standard InChI is InChI=1S/C37H50N2O12S2/c1-24-10-14-26(15-11-24)52(40,41)38-18-9-19-39(53(42,43)27-16-12-25(2)13-17-27)31-29(47-35-33(31)49-37(5,6)51-35)23-45-21-8-7-20-44-22-28-30(38)32-34(46-28)50-36(3,4)48-32/h7-8,10-17,28-35H,9,18-23H2,1-6H3/b8-7-/t28-,29-,30+,31+,32-,33-,34-,35-/m1/s1. The first-order chi connectivity index (χ1) is 25.1. The Bertz CT molecular complexity index is 1720. The molecule has 0 saturated carbocycles. The van der Waals surface area contributed by atoms with Gasteiger partial charge in [-0.25, -0.2) is 16.8 Å². The molecule has 0 radical (unpaired) electrons. The molecule has 0 amide bonds. The highest BCUT2D eigenvalue weighted by atomic mass is 32.2. The van der Waals surface area contributed by atoms with Crippen LogP contribution in [-0.2, 0) is 57.9 Å². The molecule has 53 heavy (non-hydrogen) atoms. The second-order valence-corrected chi connectivity index (χ2v) is 18.8. The molecule has 5 aliphatic heterocycles. The van der Waals surface area contributed by atoms with Crippen molar-refractivity contribution in [1.82, 2.24) is 8.61 Å². The molecule has 0 bridgehead atoms. The zero-order valence-electron chi connectivity index (χ0n) is 31.0. The van der Waals surface area contributed by atoms with E-state index in [1.54, 1.807) is 88.4 Å². The predicted molar refractivity (Wildman–Crippen MR) is 191 cm³/mol. The summed E-state index contributed by atoms with van der Waals surface area (Å²) in [6.45, 7) is 11.1. The van der Waals surface area contributed by atoms with Gasteiger partial charge in [0.2, 0.25) is 20.0 Å². The first-order valence-electron chi connectivity index (χ1n) is 18.1. The van der Waals surface area contributed by atoms with E-state index >= 15 is 0 Å². The maximum atomic E-state index is 14.7. The highest BCUT2D eigenvalue weighted by molar-refractivity contribution is 7.89. The monoisotopic (exact) mass is 778 g/mol. The van der Waals surface area contributed by atoms with Crippen LogP contribution in [0.4, 0.5) is 0 Å². The molecule has 5 heterocycles. The Hall–Kier alpha value is -2.32. The van der Waals surface area contributed by atoms with Crippen molar-refractivity contribution >= 4 is 20.0 Å². The van der Waals surface area contributed by atoms with Crippen LogP contribution in [-0.4, -0.2) is 126 Å². The summed E-state index contributed by atoms with van der Waals surface area (Å²) in [6, 6.07) is 11.5. The van der Waals surface area contributed by atoms with Crippen LogP contribution < -0.4 is 0 Å². The lowest BCUT2D eigenvalue weighted by Gasteiger charge is -2.36. The fraction of sp³-hybridized carbons (Fsp3) is 0.622. The number of sulfonamides is 2. The summed E-state index contributed by atoms with van der Waals surface area (Å²) in [7, 11) is -8.40. The summed E-state index contributed by atoms with van der Waals surface area (Å²) < 4.78 is 111. The minimum atomic E-state index is -4.20. The molecule has 16 heteroatoms. The zero-order chi connectivity index (χ0) is 37.8. The van der Waals surface area contributed by atoms with Gasteiger partial charge in [-0.1, -0.05) is 47.5 Å². The van der Waals surface area contributed by atoms with Crippen molar-refractivity contribution in [2.45, 2.75) is 118 Å². The smallest absolute Gasteiger partial charge is 0.243 e. The Morgan fingerprint density at radius 2 is 0.962 bits per heavy atom. The van der Waals surface area contributed by atoms with E-state index in [0.29, 0.717) is 0 Å². The molecule has 0 aromatic heterocycles. The van der Waals surface area contributed by atoms with Gasteiger partial charge in [0.15, 0.2) is 24.2 Å². The molecule has 8 atom stereocenters. The number of hydrogen-bond donors (Lipinski definition) is 0. The van der Waals surface area contributed by atoms with Crippen molar-refractivity contribution < 1.29 is 54.7 Å². The van der Waals surface area contributed by atoms with Crippen molar-refractivity contribution in [3.05, 3.63) is 71.8 Å². The molecule has 292 valence electrons. The number of ether oxygens (including phenoxy) is 8. The lowest BCUT2D eigenvalue weighted by Crippen LogP contribution is -2.54. The summed E-state index contributed by atoms with van der Waals surface area (Å²) in [5.74, 6) is -2.05. The molecular formula is C37H50N2O12S2. The topological polar surface area (TPSA) is 149 Å². The maximum absolute atomic E-state index is 14.7. The van der Waals surface area contributed by atoms with Crippen LogP contribution in [0.15, 0.2) is 70.5 Å². The third kappa shape index (κ3) is 8.02. The maximum Gasteiger partial charge on any atom is 0.243 e. The number of nitrogens with zero attached hydrogens (tertiary/aromatic N) is 2. The van der Waals surface area contributed by atoms with Gasteiger partial charge in [-0.3, -0.25) is 0 Å². The Kier molecular flexibility index (Phi) is 11.0. The molecule has 14 nitrogen and oxygen atoms in total. The van der Waals surface area contributed by atoms with Crippen LogP contribution in [0, 0.1) is 13.8 Å². The fourth-order valence-corrected chi connectivity index (χ4v) is 11.1. The summed E-state index contributed by atoms with van der Waals surface area (Å²) in [4.78, 5) is 0.177. The van der Waals surface area contributed by atoms with Crippen LogP contribution in [0.25, 0.3) is 0 Å². The van der Waals surface area contributed by atoms with Gasteiger partial charge in [-0.15, -0.1) is 0 Å². The van der Waals surface area contributed by atoms with E-state index in [4.69, 9.17) is 37.9 Å². The van der Waals surface area contributed by atoms with Crippen LogP contribution in [0.1, 0.15) is 45.2 Å². The zero-order valence-corrected chi connectivity index (χ0v) is 32.6. The fourth-order valence-electron chi connectivity index (χ4n) is 7.66. The summed E-state index contributed by atoms with van der Waals surface area (Å²) in [5, 5.41) is 0. The largest absolute Gasteiger partial charge is 0.375 e. The Labute approximate surface area is 312 Å². The lowest BCUT2D eigenvalue weighted by atomic mass is 10.1. The van der Waals surface area contributed by atoms with Gasteiger partial charge in [-0.2, -0.15) is 8.61 Å². The third-order valence-corrected chi connectivity index (χ3v) is 13.9.